The van der Waals surface area contributed by atoms with E-state index in [0.717, 1.165) is 36.7 Å². The molecule has 1 aromatic heterocycles. The Labute approximate surface area is 127 Å². The molecular weight excluding hydrogens is 262 g/mol. The van der Waals surface area contributed by atoms with E-state index in [1.54, 1.807) is 6.20 Å². The van der Waals surface area contributed by atoms with Crippen molar-refractivity contribution >= 4 is 11.7 Å². The number of aromatic nitrogens is 2. The summed E-state index contributed by atoms with van der Waals surface area (Å²) in [6.45, 7) is 10.9. The van der Waals surface area contributed by atoms with E-state index in [4.69, 9.17) is 4.98 Å². The van der Waals surface area contributed by atoms with Gasteiger partial charge in [0.1, 0.15) is 0 Å². The summed E-state index contributed by atoms with van der Waals surface area (Å²) in [7, 11) is 0. The number of piperidine rings is 1. The molecule has 0 radical (unpaired) electrons. The zero-order valence-electron chi connectivity index (χ0n) is 13.5. The Kier molecular flexibility index (Phi) is 3.50. The van der Waals surface area contributed by atoms with Gasteiger partial charge in [0.05, 0.1) is 11.3 Å². The fraction of sp³-hybridized carbons (Fsp3) is 0.706. The fourth-order valence-corrected chi connectivity index (χ4v) is 3.80. The highest BCUT2D eigenvalue weighted by atomic mass is 16.1. The van der Waals surface area contributed by atoms with E-state index >= 15 is 0 Å². The predicted octanol–water partition coefficient (Wildman–Crippen LogP) is 3.11. The highest BCUT2D eigenvalue weighted by Gasteiger charge is 2.33. The van der Waals surface area contributed by atoms with E-state index < -0.39 is 0 Å². The van der Waals surface area contributed by atoms with Gasteiger partial charge in [0.25, 0.3) is 0 Å². The van der Waals surface area contributed by atoms with Gasteiger partial charge < -0.3 is 4.90 Å². The van der Waals surface area contributed by atoms with E-state index in [1.165, 1.54) is 6.42 Å². The van der Waals surface area contributed by atoms with Crippen molar-refractivity contribution in [1.82, 2.24) is 9.97 Å². The summed E-state index contributed by atoms with van der Waals surface area (Å²) in [5.74, 6) is 2.34. The Balaban J connectivity index is 1.91. The van der Waals surface area contributed by atoms with Crippen LogP contribution in [0.15, 0.2) is 6.20 Å². The first kappa shape index (κ1) is 14.5. The normalized spacial score (nSPS) is 28.4. The van der Waals surface area contributed by atoms with Gasteiger partial charge >= 0.3 is 0 Å². The van der Waals surface area contributed by atoms with Gasteiger partial charge in [0, 0.05) is 25.7 Å². The zero-order valence-corrected chi connectivity index (χ0v) is 13.5. The van der Waals surface area contributed by atoms with Crippen LogP contribution < -0.4 is 4.90 Å². The predicted molar refractivity (Wildman–Crippen MR) is 83.6 cm³/mol. The molecule has 3 rings (SSSR count). The van der Waals surface area contributed by atoms with E-state index in [2.05, 4.69) is 37.6 Å². The molecule has 2 heterocycles. The van der Waals surface area contributed by atoms with Crippen molar-refractivity contribution in [3.05, 3.63) is 17.5 Å². The number of carbonyl (C=O) groups excluding carboxylic acids is 1. The van der Waals surface area contributed by atoms with E-state index in [0.29, 0.717) is 18.3 Å². The van der Waals surface area contributed by atoms with Crippen molar-refractivity contribution in [2.75, 3.05) is 18.0 Å². The maximum absolute atomic E-state index is 12.2. The number of hydrogen-bond donors (Lipinski definition) is 0. The first-order valence-corrected chi connectivity index (χ1v) is 7.98. The lowest BCUT2D eigenvalue weighted by Gasteiger charge is -2.36. The first-order valence-electron chi connectivity index (χ1n) is 7.98. The molecule has 0 N–H and O–H groups in total. The molecule has 0 bridgehead atoms. The highest BCUT2D eigenvalue weighted by molar-refractivity contribution is 5.98. The topological polar surface area (TPSA) is 46.1 Å². The van der Waals surface area contributed by atoms with E-state index in [-0.39, 0.29) is 11.2 Å². The molecule has 4 nitrogen and oxygen atoms in total. The van der Waals surface area contributed by atoms with Gasteiger partial charge in [-0.15, -0.1) is 0 Å². The number of fused-ring (bicyclic) bond motifs is 1. The molecular formula is C17H25N3O. The highest BCUT2D eigenvalue weighted by Crippen LogP contribution is 2.34. The quantitative estimate of drug-likeness (QED) is 0.796. The molecule has 1 fully saturated rings. The number of ketones is 1. The van der Waals surface area contributed by atoms with Gasteiger partial charge in [0.2, 0.25) is 5.95 Å². The number of hydrogen-bond acceptors (Lipinski definition) is 4. The number of Topliss-reactive ketones (excluding diaryl/α,β-unsaturated/α-hetero) is 1. The fourth-order valence-electron chi connectivity index (χ4n) is 3.80. The van der Waals surface area contributed by atoms with Crippen LogP contribution in [-0.2, 0) is 6.42 Å². The summed E-state index contributed by atoms with van der Waals surface area (Å²) in [5, 5.41) is 0. The van der Waals surface area contributed by atoms with Gasteiger partial charge in [-0.25, -0.2) is 9.97 Å². The summed E-state index contributed by atoms with van der Waals surface area (Å²) in [5.41, 5.74) is 1.68. The lowest BCUT2D eigenvalue weighted by atomic mass is 9.76. The maximum atomic E-state index is 12.2. The zero-order chi connectivity index (χ0) is 15.2. The van der Waals surface area contributed by atoms with Crippen molar-refractivity contribution in [3.63, 3.8) is 0 Å². The van der Waals surface area contributed by atoms with E-state index in [1.807, 2.05) is 0 Å². The van der Waals surface area contributed by atoms with Crippen LogP contribution in [-0.4, -0.2) is 28.8 Å². The third-order valence-corrected chi connectivity index (χ3v) is 4.59. The minimum atomic E-state index is 0.0121. The molecule has 1 saturated heterocycles. The third-order valence-electron chi connectivity index (χ3n) is 4.59. The van der Waals surface area contributed by atoms with Gasteiger partial charge in [0.15, 0.2) is 5.78 Å². The summed E-state index contributed by atoms with van der Waals surface area (Å²) < 4.78 is 0. The second kappa shape index (κ2) is 5.08. The molecule has 4 heteroatoms. The minimum absolute atomic E-state index is 0.0121. The van der Waals surface area contributed by atoms with Gasteiger partial charge in [-0.3, -0.25) is 4.79 Å². The summed E-state index contributed by atoms with van der Waals surface area (Å²) in [6.07, 6.45) is 4.48. The first-order chi connectivity index (χ1) is 9.84. The average Bonchev–Trinajstić information content (AvgIpc) is 2.35. The standard InChI is InChI=1S/C17H25N3O/c1-11-5-12(2)10-20(9-11)16-18-8-13-14(19-16)6-17(3,4)7-15(13)21/h8,11-12H,5-7,9-10H2,1-4H3/t11-,12-/m1/s1. The molecule has 2 atom stereocenters. The van der Waals surface area contributed by atoms with Crippen molar-refractivity contribution in [2.24, 2.45) is 17.3 Å². The largest absolute Gasteiger partial charge is 0.340 e. The Morgan fingerprint density at radius 3 is 2.52 bits per heavy atom. The van der Waals surface area contributed by atoms with Crippen molar-refractivity contribution in [3.8, 4) is 0 Å². The van der Waals surface area contributed by atoms with Crippen LogP contribution in [0.1, 0.15) is 56.6 Å². The second-order valence-electron chi connectivity index (χ2n) is 7.82. The molecule has 114 valence electrons. The molecule has 0 aromatic carbocycles. The SMILES string of the molecule is C[C@@H]1C[C@@H](C)CN(c2ncc3c(n2)CC(C)(C)CC3=O)C1. The van der Waals surface area contributed by atoms with Crippen LogP contribution >= 0.6 is 0 Å². The summed E-state index contributed by atoms with van der Waals surface area (Å²) in [4.78, 5) is 23.7. The Hall–Kier alpha value is -1.45. The lowest BCUT2D eigenvalue weighted by molar-refractivity contribution is 0.0909. The Bertz CT molecular complexity index is 557. The number of rotatable bonds is 1. The van der Waals surface area contributed by atoms with Gasteiger partial charge in [-0.1, -0.05) is 27.7 Å². The smallest absolute Gasteiger partial charge is 0.225 e. The molecule has 0 amide bonds. The number of nitrogens with zero attached hydrogens (tertiary/aromatic N) is 3. The van der Waals surface area contributed by atoms with Crippen molar-refractivity contribution < 1.29 is 4.79 Å². The van der Waals surface area contributed by atoms with Gasteiger partial charge in [-0.05, 0) is 30.1 Å². The molecule has 1 aromatic rings. The van der Waals surface area contributed by atoms with Crippen LogP contribution in [0.4, 0.5) is 5.95 Å². The van der Waals surface area contributed by atoms with Crippen LogP contribution in [0.3, 0.4) is 0 Å². The van der Waals surface area contributed by atoms with Crippen LogP contribution in [0.2, 0.25) is 0 Å². The number of carbonyl (C=O) groups is 1. The molecule has 21 heavy (non-hydrogen) atoms. The van der Waals surface area contributed by atoms with Crippen LogP contribution in [0.5, 0.6) is 0 Å². The van der Waals surface area contributed by atoms with Gasteiger partial charge in [-0.2, -0.15) is 0 Å². The number of anilines is 1. The Morgan fingerprint density at radius 1 is 1.19 bits per heavy atom. The summed E-state index contributed by atoms with van der Waals surface area (Å²) >= 11 is 0. The van der Waals surface area contributed by atoms with Crippen LogP contribution in [0, 0.1) is 17.3 Å². The summed E-state index contributed by atoms with van der Waals surface area (Å²) in [6, 6.07) is 0. The molecule has 1 aliphatic heterocycles. The molecule has 0 saturated carbocycles. The average molecular weight is 287 g/mol. The van der Waals surface area contributed by atoms with E-state index in [9.17, 15) is 4.79 Å². The van der Waals surface area contributed by atoms with Crippen LogP contribution in [0.25, 0.3) is 0 Å². The minimum Gasteiger partial charge on any atom is -0.340 e. The third kappa shape index (κ3) is 2.94. The van der Waals surface area contributed by atoms with Crippen molar-refractivity contribution in [1.29, 1.82) is 0 Å². The Morgan fingerprint density at radius 2 is 1.86 bits per heavy atom. The second-order valence-corrected chi connectivity index (χ2v) is 7.82. The lowest BCUT2D eigenvalue weighted by Crippen LogP contribution is -2.40. The molecule has 1 aliphatic carbocycles. The molecule has 0 spiro atoms. The monoisotopic (exact) mass is 287 g/mol. The maximum Gasteiger partial charge on any atom is 0.225 e. The molecule has 2 aliphatic rings. The van der Waals surface area contributed by atoms with Crippen molar-refractivity contribution in [2.45, 2.75) is 47.0 Å². The molecule has 0 unspecified atom stereocenters.